The summed E-state index contributed by atoms with van der Waals surface area (Å²) < 4.78 is 5.07. The molecule has 0 aromatic carbocycles. The number of nitrogens with one attached hydrogen (secondary N) is 2. The van der Waals surface area contributed by atoms with Crippen LogP contribution >= 0.6 is 0 Å². The van der Waals surface area contributed by atoms with Crippen LogP contribution in [0.15, 0.2) is 4.99 Å². The molecule has 0 aliphatic heterocycles. The van der Waals surface area contributed by atoms with Crippen molar-refractivity contribution in [2.45, 2.75) is 39.5 Å². The third kappa shape index (κ3) is 7.20. The van der Waals surface area contributed by atoms with Gasteiger partial charge in [-0.05, 0) is 30.6 Å². The van der Waals surface area contributed by atoms with E-state index in [0.29, 0.717) is 30.4 Å². The Morgan fingerprint density at radius 1 is 1.30 bits per heavy atom. The van der Waals surface area contributed by atoms with Gasteiger partial charge in [-0.15, -0.1) is 0 Å². The minimum absolute atomic E-state index is 0.00150. The van der Waals surface area contributed by atoms with Gasteiger partial charge in [0.2, 0.25) is 5.91 Å². The molecule has 0 atom stereocenters. The number of guanidine groups is 1. The number of rotatable bonds is 9. The van der Waals surface area contributed by atoms with Gasteiger partial charge in [0.15, 0.2) is 5.96 Å². The van der Waals surface area contributed by atoms with Crippen LogP contribution in [-0.4, -0.2) is 64.2 Å². The van der Waals surface area contributed by atoms with Crippen molar-refractivity contribution in [2.75, 3.05) is 47.4 Å². The van der Waals surface area contributed by atoms with Gasteiger partial charge < -0.3 is 20.3 Å². The molecule has 0 saturated heterocycles. The van der Waals surface area contributed by atoms with Gasteiger partial charge in [0, 0.05) is 34.3 Å². The van der Waals surface area contributed by atoms with Crippen molar-refractivity contribution in [3.63, 3.8) is 0 Å². The minimum Gasteiger partial charge on any atom is -0.383 e. The molecule has 1 fully saturated rings. The Labute approximate surface area is 141 Å². The second-order valence-electron chi connectivity index (χ2n) is 7.18. The van der Waals surface area contributed by atoms with Crippen molar-refractivity contribution in [1.29, 1.82) is 0 Å². The van der Waals surface area contributed by atoms with Crippen molar-refractivity contribution >= 4 is 11.9 Å². The molecule has 134 valence electrons. The lowest BCUT2D eigenvalue weighted by Gasteiger charge is -2.43. The fraction of sp³-hybridized carbons (Fsp3) is 0.882. The SMILES string of the molecule is COCCNC(=NCC(=O)N(C)C)NCC1(CC(C)C)CCC1. The molecule has 6 heteroatoms. The molecule has 1 amide bonds. The van der Waals surface area contributed by atoms with Gasteiger partial charge >= 0.3 is 0 Å². The molecule has 1 aliphatic rings. The van der Waals surface area contributed by atoms with E-state index in [1.807, 2.05) is 0 Å². The Balaban J connectivity index is 2.57. The van der Waals surface area contributed by atoms with Gasteiger partial charge in [0.25, 0.3) is 0 Å². The van der Waals surface area contributed by atoms with Crippen LogP contribution in [-0.2, 0) is 9.53 Å². The number of hydrogen-bond donors (Lipinski definition) is 2. The van der Waals surface area contributed by atoms with Crippen LogP contribution in [0.1, 0.15) is 39.5 Å². The minimum atomic E-state index is -0.00150. The van der Waals surface area contributed by atoms with Crippen LogP contribution in [0, 0.1) is 11.3 Å². The third-order valence-corrected chi connectivity index (χ3v) is 4.36. The normalized spacial score (nSPS) is 16.9. The molecular formula is C17H34N4O2. The van der Waals surface area contributed by atoms with Crippen molar-refractivity contribution < 1.29 is 9.53 Å². The Hall–Kier alpha value is -1.30. The van der Waals surface area contributed by atoms with E-state index < -0.39 is 0 Å². The average Bonchev–Trinajstić information content (AvgIpc) is 2.45. The smallest absolute Gasteiger partial charge is 0.243 e. The fourth-order valence-corrected chi connectivity index (χ4v) is 3.00. The lowest BCUT2D eigenvalue weighted by atomic mass is 9.64. The summed E-state index contributed by atoms with van der Waals surface area (Å²) in [4.78, 5) is 17.7. The van der Waals surface area contributed by atoms with Gasteiger partial charge in [-0.1, -0.05) is 20.3 Å². The number of nitrogens with zero attached hydrogens (tertiary/aromatic N) is 2. The van der Waals surface area contributed by atoms with E-state index in [-0.39, 0.29) is 12.5 Å². The molecule has 0 aromatic rings. The van der Waals surface area contributed by atoms with Crippen LogP contribution in [0.3, 0.4) is 0 Å². The number of ether oxygens (including phenoxy) is 1. The topological polar surface area (TPSA) is 66.0 Å². The molecule has 0 aromatic heterocycles. The summed E-state index contributed by atoms with van der Waals surface area (Å²) >= 11 is 0. The maximum Gasteiger partial charge on any atom is 0.243 e. The predicted molar refractivity (Wildman–Crippen MR) is 94.6 cm³/mol. The van der Waals surface area contributed by atoms with E-state index in [1.54, 1.807) is 26.1 Å². The van der Waals surface area contributed by atoms with E-state index in [4.69, 9.17) is 4.74 Å². The first-order valence-electron chi connectivity index (χ1n) is 8.60. The van der Waals surface area contributed by atoms with E-state index in [0.717, 1.165) is 6.54 Å². The van der Waals surface area contributed by atoms with Crippen LogP contribution < -0.4 is 10.6 Å². The quantitative estimate of drug-likeness (QED) is 0.383. The van der Waals surface area contributed by atoms with Gasteiger partial charge in [0.1, 0.15) is 6.54 Å². The molecule has 23 heavy (non-hydrogen) atoms. The third-order valence-electron chi connectivity index (χ3n) is 4.36. The number of likely N-dealkylation sites (N-methyl/N-ethyl adjacent to an activating group) is 1. The molecule has 0 bridgehead atoms. The zero-order valence-electron chi connectivity index (χ0n) is 15.4. The van der Waals surface area contributed by atoms with Crippen molar-refractivity contribution in [3.8, 4) is 0 Å². The summed E-state index contributed by atoms with van der Waals surface area (Å²) in [6.07, 6.45) is 5.11. The molecule has 0 heterocycles. The molecule has 6 nitrogen and oxygen atoms in total. The van der Waals surface area contributed by atoms with Crippen molar-refractivity contribution in [2.24, 2.45) is 16.3 Å². The van der Waals surface area contributed by atoms with E-state index in [9.17, 15) is 4.79 Å². The van der Waals surface area contributed by atoms with Crippen LogP contribution in [0.25, 0.3) is 0 Å². The lowest BCUT2D eigenvalue weighted by molar-refractivity contribution is -0.127. The highest BCUT2D eigenvalue weighted by atomic mass is 16.5. The molecule has 1 rings (SSSR count). The molecule has 0 spiro atoms. The Bertz CT molecular complexity index is 390. The standard InChI is InChI=1S/C17H34N4O2/c1-14(2)11-17(7-6-8-17)13-20-16(18-9-10-23-5)19-12-15(22)21(3)4/h14H,6-13H2,1-5H3,(H2,18,19,20). The van der Waals surface area contributed by atoms with Gasteiger partial charge in [-0.3, -0.25) is 4.79 Å². The Kier molecular flexibility index (Phi) is 8.37. The number of aliphatic imine (C=N–C) groups is 1. The molecule has 0 unspecified atom stereocenters. The maximum atomic E-state index is 11.7. The fourth-order valence-electron chi connectivity index (χ4n) is 3.00. The van der Waals surface area contributed by atoms with Gasteiger partial charge in [0.05, 0.1) is 6.61 Å². The van der Waals surface area contributed by atoms with Crippen LogP contribution in [0.2, 0.25) is 0 Å². The summed E-state index contributed by atoms with van der Waals surface area (Å²) in [5, 5.41) is 6.67. The van der Waals surface area contributed by atoms with E-state index >= 15 is 0 Å². The van der Waals surface area contributed by atoms with Gasteiger partial charge in [-0.25, -0.2) is 4.99 Å². The number of carbonyl (C=O) groups is 1. The molecule has 1 aliphatic carbocycles. The highest BCUT2D eigenvalue weighted by molar-refractivity contribution is 5.84. The second kappa shape index (κ2) is 9.75. The molecule has 0 radical (unpaired) electrons. The predicted octanol–water partition coefficient (Wildman–Crippen LogP) is 1.47. The highest BCUT2D eigenvalue weighted by Crippen LogP contribution is 2.45. The van der Waals surface area contributed by atoms with Crippen LogP contribution in [0.4, 0.5) is 0 Å². The Morgan fingerprint density at radius 2 is 2.00 bits per heavy atom. The number of amides is 1. The summed E-state index contributed by atoms with van der Waals surface area (Å²) in [7, 11) is 5.16. The monoisotopic (exact) mass is 326 g/mol. The first kappa shape index (κ1) is 19.7. The second-order valence-corrected chi connectivity index (χ2v) is 7.18. The zero-order valence-corrected chi connectivity index (χ0v) is 15.4. The summed E-state index contributed by atoms with van der Waals surface area (Å²) in [5.41, 5.74) is 0.392. The number of carbonyl (C=O) groups excluding carboxylic acids is 1. The van der Waals surface area contributed by atoms with E-state index in [1.165, 1.54) is 25.7 Å². The lowest BCUT2D eigenvalue weighted by Crippen LogP contribution is -2.47. The summed E-state index contributed by atoms with van der Waals surface area (Å²) in [6.45, 7) is 6.92. The van der Waals surface area contributed by atoms with Gasteiger partial charge in [-0.2, -0.15) is 0 Å². The first-order chi connectivity index (χ1) is 10.9. The van der Waals surface area contributed by atoms with Crippen molar-refractivity contribution in [1.82, 2.24) is 15.5 Å². The number of hydrogen-bond acceptors (Lipinski definition) is 3. The Morgan fingerprint density at radius 3 is 2.48 bits per heavy atom. The maximum absolute atomic E-state index is 11.7. The average molecular weight is 326 g/mol. The molecular weight excluding hydrogens is 292 g/mol. The number of methoxy groups -OCH3 is 1. The molecule has 1 saturated carbocycles. The largest absolute Gasteiger partial charge is 0.383 e. The van der Waals surface area contributed by atoms with E-state index in [2.05, 4.69) is 29.5 Å². The molecule has 2 N–H and O–H groups in total. The zero-order chi connectivity index (χ0) is 17.3. The summed E-state index contributed by atoms with van der Waals surface area (Å²) in [5.74, 6) is 1.40. The summed E-state index contributed by atoms with van der Waals surface area (Å²) in [6, 6.07) is 0. The first-order valence-corrected chi connectivity index (χ1v) is 8.60. The highest BCUT2D eigenvalue weighted by Gasteiger charge is 2.37. The van der Waals surface area contributed by atoms with Crippen molar-refractivity contribution in [3.05, 3.63) is 0 Å². The van der Waals surface area contributed by atoms with Crippen LogP contribution in [0.5, 0.6) is 0 Å².